The molecule has 30 heteroatoms. The fourth-order valence-corrected chi connectivity index (χ4v) is 10.9. The number of carbonyl (C=O) groups excluding carboxylic acids is 14. The zero-order valence-electron chi connectivity index (χ0n) is 60.9. The second kappa shape index (κ2) is 42.3. The third-order valence-corrected chi connectivity index (χ3v) is 17.2. The number of unbranched alkanes of at least 4 members (excludes halogenated alkanes) is 6. The van der Waals surface area contributed by atoms with Crippen molar-refractivity contribution in [3.63, 3.8) is 0 Å². The number of allylic oxidation sites excluding steroid dienone is 2. The maximum atomic E-state index is 14.6. The SMILES string of the molecule is C/C=C/CC(C)C(O)[C@H](NC(=O)[C@@H]1CCCN1C(=O)C(C)(C)NC(=O)CCCCCCCCC)C(=O)N[C@@](C)(CC)C(=O)N[C@@H](CCC(N)=O)C(=O)N[C@H](CCC(N)=O)C(=O)NC(C)(C)C(=O)NC(C)(C)C(=O)N[C@@H](CCC(N)=O)C(=O)N[C@H](CC(C)C)C(=O)N[C@H](CO)CC(C)C. The first-order valence-electron chi connectivity index (χ1n) is 34.7. The molecule has 10 atom stereocenters. The van der Waals surface area contributed by atoms with Crippen molar-refractivity contribution in [2.75, 3.05) is 13.2 Å². The first-order chi connectivity index (χ1) is 45.5. The molecule has 0 bridgehead atoms. The Labute approximate surface area is 579 Å². The molecular formula is C68H120N14O16. The van der Waals surface area contributed by atoms with Gasteiger partial charge in [-0.25, -0.2) is 0 Å². The van der Waals surface area contributed by atoms with Crippen LogP contribution in [0, 0.1) is 17.8 Å². The van der Waals surface area contributed by atoms with Gasteiger partial charge in [0.05, 0.1) is 18.8 Å². The molecule has 0 aliphatic carbocycles. The van der Waals surface area contributed by atoms with Gasteiger partial charge in [0.25, 0.3) is 0 Å². The molecular weight excluding hydrogens is 1270 g/mol. The van der Waals surface area contributed by atoms with Crippen LogP contribution in [0.25, 0.3) is 0 Å². The Morgan fingerprint density at radius 2 is 1.01 bits per heavy atom. The van der Waals surface area contributed by atoms with Crippen molar-refractivity contribution >= 4 is 82.7 Å². The van der Waals surface area contributed by atoms with E-state index in [1.807, 2.05) is 27.7 Å². The smallest absolute Gasteiger partial charge is 0.248 e. The number of aliphatic hydroxyl groups excluding tert-OH is 2. The van der Waals surface area contributed by atoms with Gasteiger partial charge in [-0.1, -0.05) is 99.1 Å². The molecule has 98 heavy (non-hydrogen) atoms. The average molecular weight is 1390 g/mol. The minimum absolute atomic E-state index is 0.113. The van der Waals surface area contributed by atoms with Gasteiger partial charge in [-0.3, -0.25) is 67.1 Å². The summed E-state index contributed by atoms with van der Waals surface area (Å²) in [7, 11) is 0. The highest BCUT2D eigenvalue weighted by Crippen LogP contribution is 2.25. The van der Waals surface area contributed by atoms with Crippen molar-refractivity contribution in [2.24, 2.45) is 35.0 Å². The van der Waals surface area contributed by atoms with Gasteiger partial charge in [-0.2, -0.15) is 0 Å². The number of nitrogens with one attached hydrogen (secondary N) is 10. The second-order valence-electron chi connectivity index (χ2n) is 28.7. The summed E-state index contributed by atoms with van der Waals surface area (Å²) in [5.74, 6) is -12.5. The van der Waals surface area contributed by atoms with E-state index >= 15 is 0 Å². The summed E-state index contributed by atoms with van der Waals surface area (Å²) in [6.45, 7) is 23.7. The van der Waals surface area contributed by atoms with E-state index < -0.39 is 179 Å². The number of primary amides is 3. The van der Waals surface area contributed by atoms with Crippen LogP contribution in [-0.2, 0) is 67.1 Å². The Morgan fingerprint density at radius 1 is 0.531 bits per heavy atom. The molecule has 1 aliphatic heterocycles. The molecule has 1 rings (SSSR count). The molecule has 2 unspecified atom stereocenters. The van der Waals surface area contributed by atoms with Crippen molar-refractivity contribution in [2.45, 2.75) is 303 Å². The molecule has 14 amide bonds. The Hall–Kier alpha value is -7.76. The average Bonchev–Trinajstić information content (AvgIpc) is 1.40. The van der Waals surface area contributed by atoms with Crippen molar-refractivity contribution in [3.8, 4) is 0 Å². The normalized spacial score (nSPS) is 16.5. The predicted octanol–water partition coefficient (Wildman–Crippen LogP) is 0.840. The summed E-state index contributed by atoms with van der Waals surface area (Å²) in [4.78, 5) is 193. The molecule has 0 aromatic carbocycles. The van der Waals surface area contributed by atoms with Crippen molar-refractivity contribution < 1.29 is 77.3 Å². The number of nitrogens with two attached hydrogens (primary N) is 3. The van der Waals surface area contributed by atoms with E-state index in [4.69, 9.17) is 17.2 Å². The Kier molecular flexibility index (Phi) is 38.0. The molecule has 30 nitrogen and oxygen atoms in total. The van der Waals surface area contributed by atoms with Crippen LogP contribution in [0.4, 0.5) is 0 Å². The number of aliphatic hydroxyl groups is 2. The lowest BCUT2D eigenvalue weighted by Crippen LogP contribution is -2.66. The molecule has 1 saturated heterocycles. The lowest BCUT2D eigenvalue weighted by Gasteiger charge is -2.36. The second-order valence-corrected chi connectivity index (χ2v) is 28.7. The third-order valence-electron chi connectivity index (χ3n) is 17.2. The van der Waals surface area contributed by atoms with Crippen LogP contribution in [0.1, 0.15) is 232 Å². The Bertz CT molecular complexity index is 2760. The number of hydrogen-bond acceptors (Lipinski definition) is 16. The number of carbonyl (C=O) groups is 14. The molecule has 1 fully saturated rings. The molecule has 1 aliphatic rings. The number of likely N-dealkylation sites (tertiary alicyclic amines) is 1. The van der Waals surface area contributed by atoms with E-state index in [2.05, 4.69) is 60.1 Å². The van der Waals surface area contributed by atoms with Crippen LogP contribution < -0.4 is 70.4 Å². The summed E-state index contributed by atoms with van der Waals surface area (Å²) in [5.41, 5.74) is 9.21. The zero-order valence-corrected chi connectivity index (χ0v) is 60.9. The molecule has 18 N–H and O–H groups in total. The molecule has 0 saturated carbocycles. The van der Waals surface area contributed by atoms with E-state index in [1.54, 1.807) is 39.8 Å². The summed E-state index contributed by atoms with van der Waals surface area (Å²) >= 11 is 0. The van der Waals surface area contributed by atoms with Crippen LogP contribution in [0.2, 0.25) is 0 Å². The van der Waals surface area contributed by atoms with E-state index in [-0.39, 0.29) is 75.8 Å². The minimum atomic E-state index is -1.95. The fraction of sp³-hybridized carbons (Fsp3) is 0.765. The topological polar surface area (TPSA) is 481 Å². The maximum Gasteiger partial charge on any atom is 0.248 e. The van der Waals surface area contributed by atoms with Gasteiger partial charge in [-0.05, 0) is 137 Å². The van der Waals surface area contributed by atoms with Gasteiger partial charge < -0.3 is 85.5 Å². The molecule has 0 radical (unpaired) electrons. The van der Waals surface area contributed by atoms with Crippen LogP contribution in [-0.4, -0.2) is 182 Å². The van der Waals surface area contributed by atoms with Gasteiger partial charge in [0.15, 0.2) is 0 Å². The highest BCUT2D eigenvalue weighted by Gasteiger charge is 2.46. The van der Waals surface area contributed by atoms with E-state index in [0.29, 0.717) is 19.3 Å². The molecule has 558 valence electrons. The molecule has 0 aromatic rings. The largest absolute Gasteiger partial charge is 0.394 e. The van der Waals surface area contributed by atoms with E-state index in [0.717, 1.165) is 38.5 Å². The lowest BCUT2D eigenvalue weighted by atomic mass is 9.91. The van der Waals surface area contributed by atoms with Gasteiger partial charge in [0.2, 0.25) is 82.7 Å². The first kappa shape index (κ1) is 88.3. The fourth-order valence-electron chi connectivity index (χ4n) is 10.9. The minimum Gasteiger partial charge on any atom is -0.394 e. The zero-order chi connectivity index (χ0) is 75.1. The van der Waals surface area contributed by atoms with E-state index in [9.17, 15) is 77.3 Å². The van der Waals surface area contributed by atoms with Gasteiger partial charge >= 0.3 is 0 Å². The van der Waals surface area contributed by atoms with Crippen molar-refractivity contribution in [1.82, 2.24) is 58.1 Å². The highest BCUT2D eigenvalue weighted by molar-refractivity contribution is 6.01. The number of rotatable bonds is 47. The van der Waals surface area contributed by atoms with E-state index in [1.165, 1.54) is 46.4 Å². The van der Waals surface area contributed by atoms with Crippen LogP contribution in [0.3, 0.4) is 0 Å². The summed E-state index contributed by atoms with van der Waals surface area (Å²) in [5, 5.41) is 47.7. The molecule has 1 heterocycles. The van der Waals surface area contributed by atoms with Gasteiger partial charge in [-0.15, -0.1) is 0 Å². The maximum absolute atomic E-state index is 14.6. The standard InChI is InChI=1S/C68H120N14O16/c1-16-19-21-22-23-24-25-29-52(87)78-67(13,14)64(98)82-36-26-28-48(82)59(93)77-53(54(88)42(8)27-20-17-2)60(94)80-68(15,18-3)63(97)76-45(31-34-50(70)85)55(89)73-46(32-35-51(71)86)58(92)79-66(11,12)62(96)81-65(9,10)61(95)75-44(30-33-49(69)84)56(90)74-47(38-41(6)7)57(91)72-43(39-83)37-40(4)5/h17,20,40-48,53-54,83,88H,16,18-19,21-39H2,1-15H3,(H2,69,84)(H2,70,85)(H2,71,86)(H,72,91)(H,73,89)(H,74,90)(H,75,95)(H,76,97)(H,77,93)(H,78,87)(H,79,92)(H,80,94)(H,81,96)/b20-17+/t42?,43-,44-,45-,46+,47+,48-,53-,54?,68-/m0/s1. The van der Waals surface area contributed by atoms with Crippen molar-refractivity contribution in [1.29, 1.82) is 0 Å². The van der Waals surface area contributed by atoms with Gasteiger partial charge in [0, 0.05) is 32.2 Å². The quantitative estimate of drug-likeness (QED) is 0.0297. The summed E-state index contributed by atoms with van der Waals surface area (Å²) < 4.78 is 0. The number of hydrogen-bond donors (Lipinski definition) is 15. The number of amides is 14. The Balaban J connectivity index is 3.53. The summed E-state index contributed by atoms with van der Waals surface area (Å²) in [6.07, 6.45) is 7.71. The Morgan fingerprint density at radius 3 is 1.50 bits per heavy atom. The summed E-state index contributed by atoms with van der Waals surface area (Å²) in [6, 6.07) is -9.45. The van der Waals surface area contributed by atoms with Crippen LogP contribution in [0.5, 0.6) is 0 Å². The van der Waals surface area contributed by atoms with Crippen LogP contribution in [0.15, 0.2) is 12.2 Å². The first-order valence-corrected chi connectivity index (χ1v) is 34.7. The van der Waals surface area contributed by atoms with Gasteiger partial charge in [0.1, 0.15) is 58.4 Å². The molecule has 0 spiro atoms. The van der Waals surface area contributed by atoms with Crippen LogP contribution >= 0.6 is 0 Å². The lowest BCUT2D eigenvalue weighted by molar-refractivity contribution is -0.146. The highest BCUT2D eigenvalue weighted by atomic mass is 16.3. The van der Waals surface area contributed by atoms with Crippen molar-refractivity contribution in [3.05, 3.63) is 12.2 Å². The monoisotopic (exact) mass is 1390 g/mol. The third kappa shape index (κ3) is 31.0. The molecule has 0 aromatic heterocycles. The number of nitrogens with zero attached hydrogens (tertiary/aromatic N) is 1. The predicted molar refractivity (Wildman–Crippen MR) is 368 cm³/mol.